The fourth-order valence-corrected chi connectivity index (χ4v) is 0.338. The number of primary amides is 1. The van der Waals surface area contributed by atoms with Gasteiger partial charge in [-0.1, -0.05) is 0 Å². The second-order valence-corrected chi connectivity index (χ2v) is 1.55. The predicted octanol–water partition coefficient (Wildman–Crippen LogP) is -0.923. The third kappa shape index (κ3) is 2.85. The molecule has 0 spiro atoms. The number of halogens is 1. The van der Waals surface area contributed by atoms with Crippen LogP contribution in [-0.4, -0.2) is 29.8 Å². The molecule has 5 nitrogen and oxygen atoms in total. The Morgan fingerprint density at radius 1 is 1.70 bits per heavy atom. The lowest BCUT2D eigenvalue weighted by Gasteiger charge is -2.06. The predicted molar refractivity (Wildman–Crippen MR) is 30.1 cm³/mol. The third-order valence-electron chi connectivity index (χ3n) is 0.769. The Kier molecular flexibility index (Phi) is 3.16. The quantitative estimate of drug-likeness (QED) is 0.485. The van der Waals surface area contributed by atoms with Crippen molar-refractivity contribution in [2.24, 2.45) is 5.73 Å². The lowest BCUT2D eigenvalue weighted by atomic mass is 10.3. The average molecular weight is 150 g/mol. The smallest absolute Gasteiger partial charge is 0.329 e. The summed E-state index contributed by atoms with van der Waals surface area (Å²) in [6.45, 7) is -1.17. The van der Waals surface area contributed by atoms with Gasteiger partial charge in [-0.3, -0.25) is 0 Å². The number of hydrogen-bond donors (Lipinski definition) is 3. The van der Waals surface area contributed by atoms with Crippen molar-refractivity contribution in [3.63, 3.8) is 0 Å². The van der Waals surface area contributed by atoms with Gasteiger partial charge in [-0.25, -0.2) is 14.0 Å². The molecule has 0 fully saturated rings. The number of carbonyl (C=O) groups excluding carboxylic acids is 1. The van der Waals surface area contributed by atoms with Crippen LogP contribution in [0, 0.1) is 0 Å². The summed E-state index contributed by atoms with van der Waals surface area (Å²) in [6, 6.07) is -2.58. The van der Waals surface area contributed by atoms with Gasteiger partial charge in [-0.05, 0) is 0 Å². The average Bonchev–Trinajstić information content (AvgIpc) is 1.81. The highest BCUT2D eigenvalue weighted by atomic mass is 19.1. The third-order valence-corrected chi connectivity index (χ3v) is 0.769. The summed E-state index contributed by atoms with van der Waals surface area (Å²) in [6.07, 6.45) is 0. The van der Waals surface area contributed by atoms with E-state index >= 15 is 0 Å². The first kappa shape index (κ1) is 8.67. The van der Waals surface area contributed by atoms with Gasteiger partial charge in [0.25, 0.3) is 0 Å². The summed E-state index contributed by atoms with van der Waals surface area (Å²) in [5.74, 6) is -1.44. The number of urea groups is 1. The van der Waals surface area contributed by atoms with Crippen LogP contribution in [0.4, 0.5) is 9.18 Å². The first-order valence-corrected chi connectivity index (χ1v) is 2.42. The molecule has 6 heteroatoms. The Balaban J connectivity index is 3.83. The summed E-state index contributed by atoms with van der Waals surface area (Å²) in [7, 11) is 0. The highest BCUT2D eigenvalue weighted by Crippen LogP contribution is 1.83. The van der Waals surface area contributed by atoms with E-state index in [9.17, 15) is 14.0 Å². The monoisotopic (exact) mass is 150 g/mol. The minimum absolute atomic E-state index is 1.05. The zero-order chi connectivity index (χ0) is 8.15. The maximum Gasteiger partial charge on any atom is 0.329 e. The molecule has 1 atom stereocenters. The van der Waals surface area contributed by atoms with Crippen molar-refractivity contribution in [2.45, 2.75) is 6.04 Å². The molecule has 4 N–H and O–H groups in total. The van der Waals surface area contributed by atoms with E-state index in [-0.39, 0.29) is 0 Å². The highest BCUT2D eigenvalue weighted by molar-refractivity contribution is 5.81. The Labute approximate surface area is 56.0 Å². The topological polar surface area (TPSA) is 92.4 Å². The second kappa shape index (κ2) is 3.65. The summed E-state index contributed by atoms with van der Waals surface area (Å²) < 4.78 is 11.6. The van der Waals surface area contributed by atoms with Crippen LogP contribution >= 0.6 is 0 Å². The van der Waals surface area contributed by atoms with Crippen molar-refractivity contribution < 1.29 is 19.1 Å². The van der Waals surface area contributed by atoms with Crippen LogP contribution < -0.4 is 11.1 Å². The standard InChI is InChI=1S/C4H7FN2O3/c5-1-2(3(8)9)7-4(6)10/h2H,1H2,(H,8,9)(H3,6,7,10)/t2-/m0/s1. The highest BCUT2D eigenvalue weighted by Gasteiger charge is 2.17. The Morgan fingerprint density at radius 2 is 2.20 bits per heavy atom. The van der Waals surface area contributed by atoms with Crippen LogP contribution in [0.5, 0.6) is 0 Å². The van der Waals surface area contributed by atoms with Gasteiger partial charge in [0.2, 0.25) is 0 Å². The normalized spacial score (nSPS) is 12.1. The lowest BCUT2D eigenvalue weighted by Crippen LogP contribution is -2.44. The van der Waals surface area contributed by atoms with Crippen molar-refractivity contribution in [1.29, 1.82) is 0 Å². The minimum Gasteiger partial charge on any atom is -0.480 e. The van der Waals surface area contributed by atoms with Gasteiger partial charge in [-0.2, -0.15) is 0 Å². The van der Waals surface area contributed by atoms with Crippen molar-refractivity contribution in [3.8, 4) is 0 Å². The first-order valence-electron chi connectivity index (χ1n) is 2.42. The molecule has 0 saturated heterocycles. The summed E-state index contributed by atoms with van der Waals surface area (Å²) in [5, 5.41) is 9.81. The summed E-state index contributed by atoms with van der Waals surface area (Å²) in [5.41, 5.74) is 4.53. The van der Waals surface area contributed by atoms with E-state index in [1.165, 1.54) is 0 Å². The number of alkyl halides is 1. The molecule has 10 heavy (non-hydrogen) atoms. The van der Waals surface area contributed by atoms with Crippen LogP contribution in [0.3, 0.4) is 0 Å². The summed E-state index contributed by atoms with van der Waals surface area (Å²) >= 11 is 0. The number of hydrogen-bond acceptors (Lipinski definition) is 2. The first-order chi connectivity index (χ1) is 4.57. The van der Waals surface area contributed by atoms with Crippen LogP contribution in [-0.2, 0) is 4.79 Å². The van der Waals surface area contributed by atoms with E-state index in [1.807, 2.05) is 0 Å². The Morgan fingerprint density at radius 3 is 2.30 bits per heavy atom. The van der Waals surface area contributed by atoms with Gasteiger partial charge < -0.3 is 16.2 Å². The number of carboxylic acid groups (broad SMARTS) is 1. The van der Waals surface area contributed by atoms with E-state index in [4.69, 9.17) is 5.11 Å². The van der Waals surface area contributed by atoms with E-state index in [0.717, 1.165) is 0 Å². The van der Waals surface area contributed by atoms with Crippen molar-refractivity contribution in [1.82, 2.24) is 5.32 Å². The second-order valence-electron chi connectivity index (χ2n) is 1.55. The molecular formula is C4H7FN2O3. The number of rotatable bonds is 3. The van der Waals surface area contributed by atoms with E-state index in [0.29, 0.717) is 0 Å². The van der Waals surface area contributed by atoms with Crippen LogP contribution in [0.15, 0.2) is 0 Å². The molecular weight excluding hydrogens is 143 g/mol. The lowest BCUT2D eigenvalue weighted by molar-refractivity contribution is -0.139. The molecule has 0 unspecified atom stereocenters. The number of nitrogens with two attached hydrogens (primary N) is 1. The molecule has 0 aliphatic carbocycles. The number of amides is 2. The molecule has 58 valence electrons. The van der Waals surface area contributed by atoms with Crippen LogP contribution in [0.1, 0.15) is 0 Å². The van der Waals surface area contributed by atoms with Gasteiger partial charge in [-0.15, -0.1) is 0 Å². The summed E-state index contributed by atoms with van der Waals surface area (Å²) in [4.78, 5) is 19.9. The van der Waals surface area contributed by atoms with Gasteiger partial charge >= 0.3 is 12.0 Å². The SMILES string of the molecule is NC(=O)N[C@@H](CF)C(=O)O. The molecule has 2 amide bonds. The Bertz CT molecular complexity index is 149. The maximum absolute atomic E-state index is 11.6. The van der Waals surface area contributed by atoms with Crippen molar-refractivity contribution >= 4 is 12.0 Å². The zero-order valence-electron chi connectivity index (χ0n) is 5.00. The molecule has 0 aromatic carbocycles. The fraction of sp³-hybridized carbons (Fsp3) is 0.500. The molecule has 0 aromatic heterocycles. The minimum atomic E-state index is -1.53. The molecule has 0 bridgehead atoms. The molecule has 0 aromatic rings. The maximum atomic E-state index is 11.6. The van der Waals surface area contributed by atoms with Gasteiger partial charge in [0.15, 0.2) is 6.04 Å². The van der Waals surface area contributed by atoms with E-state index in [1.54, 1.807) is 5.32 Å². The number of nitrogens with one attached hydrogen (secondary N) is 1. The van der Waals surface area contributed by atoms with Crippen molar-refractivity contribution in [2.75, 3.05) is 6.67 Å². The number of carbonyl (C=O) groups is 2. The molecule has 0 aliphatic rings. The molecule has 0 heterocycles. The number of aliphatic carboxylic acids is 1. The van der Waals surface area contributed by atoms with Gasteiger partial charge in [0.1, 0.15) is 6.67 Å². The van der Waals surface area contributed by atoms with Crippen LogP contribution in [0.25, 0.3) is 0 Å². The number of carboxylic acids is 1. The largest absolute Gasteiger partial charge is 0.480 e. The van der Waals surface area contributed by atoms with Crippen molar-refractivity contribution in [3.05, 3.63) is 0 Å². The molecule has 0 saturated carbocycles. The molecule has 0 rings (SSSR count). The fourth-order valence-electron chi connectivity index (χ4n) is 0.338. The zero-order valence-corrected chi connectivity index (χ0v) is 5.00. The van der Waals surface area contributed by atoms with E-state index in [2.05, 4.69) is 5.73 Å². The van der Waals surface area contributed by atoms with E-state index < -0.39 is 24.7 Å². The van der Waals surface area contributed by atoms with Crippen LogP contribution in [0.2, 0.25) is 0 Å². The Hall–Kier alpha value is -1.33. The van der Waals surface area contributed by atoms with Gasteiger partial charge in [0, 0.05) is 0 Å². The molecule has 0 radical (unpaired) electrons. The van der Waals surface area contributed by atoms with Gasteiger partial charge in [0.05, 0.1) is 0 Å². The molecule has 0 aliphatic heterocycles.